The van der Waals surface area contributed by atoms with Gasteiger partial charge in [0.15, 0.2) is 18.5 Å². The largest absolute Gasteiger partial charge is 0.463 e. The molecule has 29 heavy (non-hydrogen) atoms. The summed E-state index contributed by atoms with van der Waals surface area (Å²) in [6.07, 6.45) is -1.44. The molecule has 1 aliphatic rings. The Balaban J connectivity index is 3.17. The maximum atomic E-state index is 11.8. The first-order valence-corrected chi connectivity index (χ1v) is 9.67. The minimum atomic E-state index is -1.11. The van der Waals surface area contributed by atoms with Crippen LogP contribution in [-0.4, -0.2) is 67.7 Å². The monoisotopic (exact) mass is 417 g/mol. The molecule has 166 valence electrons. The summed E-state index contributed by atoms with van der Waals surface area (Å²) in [4.78, 5) is 46.3. The van der Waals surface area contributed by atoms with Gasteiger partial charge in [0.2, 0.25) is 5.91 Å². The average Bonchev–Trinajstić information content (AvgIpc) is 2.60. The molecule has 0 bridgehead atoms. The SMILES string of the molecule is CCCCCO[C@@H]1O[C@H](COC(C)=O)[C@@H](OC(C)=O)[C@H](OC(C)=O)[C@H]1NC(C)=O. The molecule has 1 N–H and O–H groups in total. The fraction of sp³-hybridized carbons (Fsp3) is 0.789. The van der Waals surface area contributed by atoms with Crippen molar-refractivity contribution in [2.75, 3.05) is 13.2 Å². The molecule has 0 unspecified atom stereocenters. The maximum Gasteiger partial charge on any atom is 0.303 e. The van der Waals surface area contributed by atoms with Gasteiger partial charge in [0, 0.05) is 34.3 Å². The van der Waals surface area contributed by atoms with Crippen LogP contribution >= 0.6 is 0 Å². The molecule has 0 aromatic heterocycles. The van der Waals surface area contributed by atoms with Gasteiger partial charge in [0.25, 0.3) is 0 Å². The number of esters is 3. The molecule has 1 saturated heterocycles. The highest BCUT2D eigenvalue weighted by Gasteiger charge is 2.51. The minimum absolute atomic E-state index is 0.243. The molecule has 5 atom stereocenters. The summed E-state index contributed by atoms with van der Waals surface area (Å²) in [7, 11) is 0. The number of ether oxygens (including phenoxy) is 5. The zero-order chi connectivity index (χ0) is 22.0. The Morgan fingerprint density at radius 3 is 2.03 bits per heavy atom. The van der Waals surface area contributed by atoms with Crippen LogP contribution in [0.4, 0.5) is 0 Å². The Morgan fingerprint density at radius 1 is 0.897 bits per heavy atom. The van der Waals surface area contributed by atoms with E-state index in [9.17, 15) is 19.2 Å². The van der Waals surface area contributed by atoms with E-state index < -0.39 is 54.5 Å². The summed E-state index contributed by atoms with van der Waals surface area (Å²) in [6.45, 7) is 7.06. The first kappa shape index (κ1) is 24.8. The van der Waals surface area contributed by atoms with Crippen LogP contribution in [0, 0.1) is 0 Å². The lowest BCUT2D eigenvalue weighted by Crippen LogP contribution is -2.66. The molecular formula is C19H31NO9. The van der Waals surface area contributed by atoms with E-state index in [1.807, 2.05) is 6.92 Å². The van der Waals surface area contributed by atoms with E-state index >= 15 is 0 Å². The second-order valence-corrected chi connectivity index (χ2v) is 6.80. The van der Waals surface area contributed by atoms with Crippen molar-refractivity contribution in [2.24, 2.45) is 0 Å². The van der Waals surface area contributed by atoms with E-state index in [1.165, 1.54) is 27.7 Å². The van der Waals surface area contributed by atoms with Crippen molar-refractivity contribution in [3.05, 3.63) is 0 Å². The first-order valence-electron chi connectivity index (χ1n) is 9.67. The van der Waals surface area contributed by atoms with Crippen molar-refractivity contribution >= 4 is 23.8 Å². The second kappa shape index (κ2) is 12.4. The number of hydrogen-bond acceptors (Lipinski definition) is 9. The van der Waals surface area contributed by atoms with Gasteiger partial charge >= 0.3 is 17.9 Å². The molecule has 1 aliphatic heterocycles. The Morgan fingerprint density at radius 2 is 1.52 bits per heavy atom. The van der Waals surface area contributed by atoms with Crippen LogP contribution in [0.15, 0.2) is 0 Å². The van der Waals surface area contributed by atoms with Gasteiger partial charge in [-0.2, -0.15) is 0 Å². The quantitative estimate of drug-likeness (QED) is 0.313. The molecule has 0 aromatic carbocycles. The Labute approximate surface area is 170 Å². The average molecular weight is 417 g/mol. The van der Waals surface area contributed by atoms with Gasteiger partial charge < -0.3 is 29.0 Å². The molecule has 1 rings (SSSR count). The third kappa shape index (κ3) is 8.78. The number of nitrogens with one attached hydrogen (secondary N) is 1. The van der Waals surface area contributed by atoms with Crippen molar-refractivity contribution in [1.29, 1.82) is 0 Å². The van der Waals surface area contributed by atoms with Gasteiger partial charge in [-0.05, 0) is 6.42 Å². The van der Waals surface area contributed by atoms with E-state index in [0.29, 0.717) is 6.61 Å². The molecular weight excluding hydrogens is 386 g/mol. The lowest BCUT2D eigenvalue weighted by Gasteiger charge is -2.44. The summed E-state index contributed by atoms with van der Waals surface area (Å²) in [5.41, 5.74) is 0. The van der Waals surface area contributed by atoms with Crippen LogP contribution in [0.3, 0.4) is 0 Å². The highest BCUT2D eigenvalue weighted by Crippen LogP contribution is 2.28. The molecule has 10 heteroatoms. The minimum Gasteiger partial charge on any atom is -0.463 e. The standard InChI is InChI=1S/C19H31NO9/c1-6-7-8-9-25-19-16(20-11(2)21)18(28-14(5)24)17(27-13(4)23)15(29-19)10-26-12(3)22/h15-19H,6-10H2,1-5H3,(H,20,21)/t15-,16-,17-,18-,19-/m1/s1. The number of carbonyl (C=O) groups excluding carboxylic acids is 4. The molecule has 0 saturated carbocycles. The number of hydrogen-bond donors (Lipinski definition) is 1. The van der Waals surface area contributed by atoms with Crippen molar-refractivity contribution in [3.8, 4) is 0 Å². The molecule has 0 aliphatic carbocycles. The Kier molecular flexibility index (Phi) is 10.6. The highest BCUT2D eigenvalue weighted by molar-refractivity contribution is 5.73. The number of carbonyl (C=O) groups is 4. The molecule has 1 amide bonds. The molecule has 1 fully saturated rings. The summed E-state index contributed by atoms with van der Waals surface area (Å²) in [5.74, 6) is -2.24. The molecule has 10 nitrogen and oxygen atoms in total. The van der Waals surface area contributed by atoms with Gasteiger partial charge in [0.05, 0.1) is 0 Å². The predicted molar refractivity (Wildman–Crippen MR) is 99.5 cm³/mol. The summed E-state index contributed by atoms with van der Waals surface area (Å²) >= 11 is 0. The van der Waals surface area contributed by atoms with Crippen LogP contribution in [0.2, 0.25) is 0 Å². The number of unbranched alkanes of at least 4 members (excludes halogenated alkanes) is 2. The van der Waals surface area contributed by atoms with Gasteiger partial charge in [-0.25, -0.2) is 0 Å². The van der Waals surface area contributed by atoms with Gasteiger partial charge in [-0.15, -0.1) is 0 Å². The Hall–Kier alpha value is -2.20. The zero-order valence-electron chi connectivity index (χ0n) is 17.6. The van der Waals surface area contributed by atoms with Crippen molar-refractivity contribution in [3.63, 3.8) is 0 Å². The summed E-state index contributed by atoms with van der Waals surface area (Å²) in [6, 6.07) is -0.920. The van der Waals surface area contributed by atoms with Crippen LogP contribution in [-0.2, 0) is 42.9 Å². The van der Waals surface area contributed by atoms with Crippen LogP contribution in [0.1, 0.15) is 53.9 Å². The van der Waals surface area contributed by atoms with Gasteiger partial charge in [-0.1, -0.05) is 19.8 Å². The van der Waals surface area contributed by atoms with Crippen molar-refractivity contribution in [1.82, 2.24) is 5.32 Å². The smallest absolute Gasteiger partial charge is 0.303 e. The van der Waals surface area contributed by atoms with Crippen LogP contribution < -0.4 is 5.32 Å². The third-order valence-corrected chi connectivity index (χ3v) is 4.10. The highest BCUT2D eigenvalue weighted by atomic mass is 16.7. The van der Waals surface area contributed by atoms with Crippen LogP contribution in [0.5, 0.6) is 0 Å². The summed E-state index contributed by atoms with van der Waals surface area (Å²) in [5, 5.41) is 2.65. The lowest BCUT2D eigenvalue weighted by molar-refractivity contribution is -0.277. The first-order chi connectivity index (χ1) is 13.6. The zero-order valence-corrected chi connectivity index (χ0v) is 17.6. The second-order valence-electron chi connectivity index (χ2n) is 6.80. The van der Waals surface area contributed by atoms with Gasteiger partial charge in [0.1, 0.15) is 18.8 Å². The molecule has 0 radical (unpaired) electrons. The topological polar surface area (TPSA) is 126 Å². The van der Waals surface area contributed by atoms with Crippen LogP contribution in [0.25, 0.3) is 0 Å². The molecule has 1 heterocycles. The molecule has 0 spiro atoms. The lowest BCUT2D eigenvalue weighted by atomic mass is 9.96. The fourth-order valence-corrected chi connectivity index (χ4v) is 2.98. The van der Waals surface area contributed by atoms with E-state index in [2.05, 4.69) is 5.32 Å². The van der Waals surface area contributed by atoms with Crippen molar-refractivity contribution < 1.29 is 42.9 Å². The number of rotatable bonds is 10. The summed E-state index contributed by atoms with van der Waals surface area (Å²) < 4.78 is 27.4. The Bertz CT molecular complexity index is 580. The third-order valence-electron chi connectivity index (χ3n) is 4.10. The van der Waals surface area contributed by atoms with E-state index in [-0.39, 0.29) is 6.61 Å². The van der Waals surface area contributed by atoms with E-state index in [0.717, 1.165) is 19.3 Å². The van der Waals surface area contributed by atoms with E-state index in [4.69, 9.17) is 23.7 Å². The van der Waals surface area contributed by atoms with Crippen molar-refractivity contribution in [2.45, 2.75) is 84.5 Å². The molecule has 0 aromatic rings. The predicted octanol–water partition coefficient (Wildman–Crippen LogP) is 0.849. The maximum absolute atomic E-state index is 11.8. The number of amides is 1. The van der Waals surface area contributed by atoms with Gasteiger partial charge in [-0.3, -0.25) is 19.2 Å². The normalized spacial score (nSPS) is 26.3. The van der Waals surface area contributed by atoms with E-state index in [1.54, 1.807) is 0 Å². The fourth-order valence-electron chi connectivity index (χ4n) is 2.98.